The van der Waals surface area contributed by atoms with Gasteiger partial charge in [0, 0.05) is 13.1 Å². The minimum atomic E-state index is -0.0576. The maximum absolute atomic E-state index is 12.8. The van der Waals surface area contributed by atoms with E-state index in [2.05, 4.69) is 4.90 Å². The lowest BCUT2D eigenvalue weighted by Gasteiger charge is -2.30. The SMILES string of the molecule is COc1cccc(N2CCOCC2)c1C(=O)/C=C/c1ccccc1. The van der Waals surface area contributed by atoms with Crippen LogP contribution in [0.5, 0.6) is 5.75 Å². The van der Waals surface area contributed by atoms with E-state index in [4.69, 9.17) is 9.47 Å². The van der Waals surface area contributed by atoms with Crippen LogP contribution < -0.4 is 9.64 Å². The second kappa shape index (κ2) is 7.79. The van der Waals surface area contributed by atoms with Crippen LogP contribution in [0.25, 0.3) is 6.08 Å². The summed E-state index contributed by atoms with van der Waals surface area (Å²) in [7, 11) is 1.59. The number of allylic oxidation sites excluding steroid dienone is 1. The minimum Gasteiger partial charge on any atom is -0.496 e. The van der Waals surface area contributed by atoms with Gasteiger partial charge in [0.25, 0.3) is 0 Å². The third kappa shape index (κ3) is 3.66. The van der Waals surface area contributed by atoms with E-state index in [0.717, 1.165) is 24.3 Å². The van der Waals surface area contributed by atoms with Gasteiger partial charge in [-0.2, -0.15) is 0 Å². The van der Waals surface area contributed by atoms with Crippen LogP contribution in [0.3, 0.4) is 0 Å². The highest BCUT2D eigenvalue weighted by molar-refractivity contribution is 6.12. The summed E-state index contributed by atoms with van der Waals surface area (Å²) in [6.45, 7) is 2.89. The Morgan fingerprint density at radius 1 is 1.08 bits per heavy atom. The van der Waals surface area contributed by atoms with Gasteiger partial charge in [0.05, 0.1) is 31.6 Å². The zero-order chi connectivity index (χ0) is 16.8. The summed E-state index contributed by atoms with van der Waals surface area (Å²) in [5.41, 5.74) is 2.50. The molecule has 4 heteroatoms. The third-order valence-electron chi connectivity index (χ3n) is 4.05. The number of anilines is 1. The van der Waals surface area contributed by atoms with Crippen LogP contribution in [0, 0.1) is 0 Å². The summed E-state index contributed by atoms with van der Waals surface area (Å²) in [4.78, 5) is 15.0. The van der Waals surface area contributed by atoms with E-state index in [-0.39, 0.29) is 5.78 Å². The molecule has 0 atom stereocenters. The zero-order valence-corrected chi connectivity index (χ0v) is 13.8. The molecule has 1 aliphatic rings. The summed E-state index contributed by atoms with van der Waals surface area (Å²) in [5.74, 6) is 0.541. The smallest absolute Gasteiger partial charge is 0.191 e. The van der Waals surface area contributed by atoms with Crippen molar-refractivity contribution in [1.29, 1.82) is 0 Å². The monoisotopic (exact) mass is 323 g/mol. The van der Waals surface area contributed by atoms with Crippen molar-refractivity contribution in [2.75, 3.05) is 38.3 Å². The summed E-state index contributed by atoms with van der Waals surface area (Å²) in [5, 5.41) is 0. The number of benzene rings is 2. The molecule has 0 unspecified atom stereocenters. The molecular weight excluding hydrogens is 302 g/mol. The van der Waals surface area contributed by atoms with Crippen molar-refractivity contribution in [1.82, 2.24) is 0 Å². The van der Waals surface area contributed by atoms with Gasteiger partial charge in [-0.25, -0.2) is 0 Å². The van der Waals surface area contributed by atoms with Crippen LogP contribution in [0.4, 0.5) is 5.69 Å². The Kier molecular flexibility index (Phi) is 5.29. The Morgan fingerprint density at radius 2 is 1.83 bits per heavy atom. The normalized spacial score (nSPS) is 14.8. The van der Waals surface area contributed by atoms with Crippen molar-refractivity contribution in [2.24, 2.45) is 0 Å². The number of carbonyl (C=O) groups excluding carboxylic acids is 1. The maximum atomic E-state index is 12.8. The number of nitrogens with zero attached hydrogens (tertiary/aromatic N) is 1. The van der Waals surface area contributed by atoms with E-state index in [1.807, 2.05) is 54.6 Å². The molecule has 0 N–H and O–H groups in total. The first-order chi connectivity index (χ1) is 11.8. The number of morpholine rings is 1. The van der Waals surface area contributed by atoms with E-state index < -0.39 is 0 Å². The third-order valence-corrected chi connectivity index (χ3v) is 4.05. The van der Waals surface area contributed by atoms with E-state index in [9.17, 15) is 4.79 Å². The fourth-order valence-electron chi connectivity index (χ4n) is 2.82. The van der Waals surface area contributed by atoms with Crippen molar-refractivity contribution in [3.05, 3.63) is 65.7 Å². The first kappa shape index (κ1) is 16.3. The Hall–Kier alpha value is -2.59. The van der Waals surface area contributed by atoms with Gasteiger partial charge in [-0.05, 0) is 23.8 Å². The largest absolute Gasteiger partial charge is 0.496 e. The van der Waals surface area contributed by atoms with Crippen molar-refractivity contribution < 1.29 is 14.3 Å². The lowest BCUT2D eigenvalue weighted by atomic mass is 10.0. The standard InChI is InChI=1S/C20H21NO3/c1-23-19-9-5-8-17(21-12-14-24-15-13-21)20(19)18(22)11-10-16-6-3-2-4-7-16/h2-11H,12-15H2,1H3/b11-10+. The minimum absolute atomic E-state index is 0.0576. The molecule has 1 aliphatic heterocycles. The van der Waals surface area contributed by atoms with Crippen molar-refractivity contribution in [3.8, 4) is 5.75 Å². The van der Waals surface area contributed by atoms with E-state index >= 15 is 0 Å². The predicted octanol–water partition coefficient (Wildman–Crippen LogP) is 3.43. The van der Waals surface area contributed by atoms with E-state index in [1.54, 1.807) is 13.2 Å². The maximum Gasteiger partial charge on any atom is 0.191 e. The Bertz CT molecular complexity index is 719. The fourth-order valence-corrected chi connectivity index (χ4v) is 2.82. The molecule has 0 aliphatic carbocycles. The molecule has 2 aromatic carbocycles. The molecule has 4 nitrogen and oxygen atoms in total. The lowest BCUT2D eigenvalue weighted by Crippen LogP contribution is -2.37. The number of methoxy groups -OCH3 is 1. The van der Waals surface area contributed by atoms with Crippen molar-refractivity contribution >= 4 is 17.5 Å². The predicted molar refractivity (Wildman–Crippen MR) is 95.8 cm³/mol. The zero-order valence-electron chi connectivity index (χ0n) is 13.8. The summed E-state index contributed by atoms with van der Waals surface area (Å²) >= 11 is 0. The van der Waals surface area contributed by atoms with Gasteiger partial charge in [-0.1, -0.05) is 42.5 Å². The van der Waals surface area contributed by atoms with Gasteiger partial charge in [0.1, 0.15) is 5.75 Å². The highest BCUT2D eigenvalue weighted by Crippen LogP contribution is 2.31. The Labute approximate surface area is 142 Å². The molecule has 1 saturated heterocycles. The first-order valence-corrected chi connectivity index (χ1v) is 8.07. The lowest BCUT2D eigenvalue weighted by molar-refractivity contribution is 0.104. The van der Waals surface area contributed by atoms with E-state index in [0.29, 0.717) is 24.5 Å². The summed E-state index contributed by atoms with van der Waals surface area (Å²) in [6, 6.07) is 15.5. The highest BCUT2D eigenvalue weighted by atomic mass is 16.5. The van der Waals surface area contributed by atoms with Crippen LogP contribution in [0.15, 0.2) is 54.6 Å². The molecule has 1 fully saturated rings. The average Bonchev–Trinajstić information content (AvgIpc) is 2.67. The number of ether oxygens (including phenoxy) is 2. The molecule has 1 heterocycles. The first-order valence-electron chi connectivity index (χ1n) is 8.07. The topological polar surface area (TPSA) is 38.8 Å². The number of carbonyl (C=O) groups is 1. The van der Waals surface area contributed by atoms with Crippen LogP contribution in [-0.2, 0) is 4.74 Å². The molecule has 24 heavy (non-hydrogen) atoms. The quantitative estimate of drug-likeness (QED) is 0.624. The second-order valence-corrected chi connectivity index (χ2v) is 5.56. The average molecular weight is 323 g/mol. The Balaban J connectivity index is 1.92. The van der Waals surface area contributed by atoms with Gasteiger partial charge < -0.3 is 14.4 Å². The highest BCUT2D eigenvalue weighted by Gasteiger charge is 2.21. The molecule has 2 aromatic rings. The number of rotatable bonds is 5. The second-order valence-electron chi connectivity index (χ2n) is 5.56. The Morgan fingerprint density at radius 3 is 2.54 bits per heavy atom. The van der Waals surface area contributed by atoms with Gasteiger partial charge in [-0.15, -0.1) is 0 Å². The van der Waals surface area contributed by atoms with Gasteiger partial charge in [-0.3, -0.25) is 4.79 Å². The summed E-state index contributed by atoms with van der Waals surface area (Å²) < 4.78 is 10.8. The molecule has 0 amide bonds. The van der Waals surface area contributed by atoms with Crippen molar-refractivity contribution in [2.45, 2.75) is 0 Å². The fraction of sp³-hybridized carbons (Fsp3) is 0.250. The number of ketones is 1. The molecule has 0 radical (unpaired) electrons. The molecule has 0 saturated carbocycles. The van der Waals surface area contributed by atoms with Gasteiger partial charge in [0.15, 0.2) is 5.78 Å². The van der Waals surface area contributed by atoms with Crippen LogP contribution in [0.2, 0.25) is 0 Å². The van der Waals surface area contributed by atoms with Gasteiger partial charge in [0.2, 0.25) is 0 Å². The molecule has 3 rings (SSSR count). The molecule has 0 spiro atoms. The molecule has 0 aromatic heterocycles. The summed E-state index contributed by atoms with van der Waals surface area (Å²) in [6.07, 6.45) is 3.44. The van der Waals surface area contributed by atoms with Crippen LogP contribution >= 0.6 is 0 Å². The van der Waals surface area contributed by atoms with Crippen LogP contribution in [0.1, 0.15) is 15.9 Å². The molecule has 124 valence electrons. The molecule has 0 bridgehead atoms. The van der Waals surface area contributed by atoms with Gasteiger partial charge >= 0.3 is 0 Å². The van der Waals surface area contributed by atoms with E-state index in [1.165, 1.54) is 0 Å². The number of hydrogen-bond acceptors (Lipinski definition) is 4. The number of hydrogen-bond donors (Lipinski definition) is 0. The molecular formula is C20H21NO3. The van der Waals surface area contributed by atoms with Crippen LogP contribution in [-0.4, -0.2) is 39.2 Å². The van der Waals surface area contributed by atoms with Crippen molar-refractivity contribution in [3.63, 3.8) is 0 Å².